The van der Waals surface area contributed by atoms with Crippen LogP contribution in [-0.2, 0) is 16.1 Å². The molecule has 2 aromatic rings. The van der Waals surface area contributed by atoms with Crippen LogP contribution in [0.4, 0.5) is 16.2 Å². The van der Waals surface area contributed by atoms with Gasteiger partial charge in [-0.2, -0.15) is 0 Å². The number of carbonyl (C=O) groups is 3. The number of hydrogen-bond donors (Lipinski definition) is 3. The second-order valence-electron chi connectivity index (χ2n) is 7.08. The number of benzene rings is 1. The number of ether oxygens (including phenoxy) is 1. The number of rotatable bonds is 8. The third-order valence-corrected chi connectivity index (χ3v) is 4.82. The Kier molecular flexibility index (Phi) is 7.80. The van der Waals surface area contributed by atoms with Crippen LogP contribution in [0.15, 0.2) is 42.7 Å². The van der Waals surface area contributed by atoms with Gasteiger partial charge in [-0.05, 0) is 49.6 Å². The van der Waals surface area contributed by atoms with E-state index in [4.69, 9.17) is 4.74 Å². The Balaban J connectivity index is 1.71. The van der Waals surface area contributed by atoms with E-state index in [1.165, 1.54) is 0 Å². The zero-order valence-electron chi connectivity index (χ0n) is 17.5. The van der Waals surface area contributed by atoms with Gasteiger partial charge in [-0.25, -0.2) is 4.79 Å². The van der Waals surface area contributed by atoms with Gasteiger partial charge < -0.3 is 25.6 Å². The third-order valence-electron chi connectivity index (χ3n) is 4.82. The topological polar surface area (TPSA) is 113 Å². The number of anilines is 2. The first-order valence-electron chi connectivity index (χ1n) is 10.3. The van der Waals surface area contributed by atoms with Gasteiger partial charge in [-0.1, -0.05) is 6.07 Å². The Morgan fingerprint density at radius 1 is 1.13 bits per heavy atom. The number of pyridine rings is 1. The maximum atomic E-state index is 13.0. The van der Waals surface area contributed by atoms with Crippen LogP contribution in [0.1, 0.15) is 35.7 Å². The van der Waals surface area contributed by atoms with Crippen LogP contribution >= 0.6 is 0 Å². The van der Waals surface area contributed by atoms with E-state index in [1.807, 2.05) is 18.2 Å². The Morgan fingerprint density at radius 2 is 1.94 bits per heavy atom. The first-order chi connectivity index (χ1) is 15.1. The Morgan fingerprint density at radius 3 is 2.65 bits per heavy atom. The first-order valence-corrected chi connectivity index (χ1v) is 10.3. The van der Waals surface area contributed by atoms with E-state index in [2.05, 4.69) is 25.8 Å². The van der Waals surface area contributed by atoms with Crippen molar-refractivity contribution in [2.24, 2.45) is 0 Å². The summed E-state index contributed by atoms with van der Waals surface area (Å²) in [5.74, 6) is -0.751. The second kappa shape index (κ2) is 11.0. The van der Waals surface area contributed by atoms with Crippen molar-refractivity contribution < 1.29 is 19.1 Å². The fourth-order valence-corrected chi connectivity index (χ4v) is 3.35. The molecule has 0 saturated carbocycles. The third kappa shape index (κ3) is 6.43. The summed E-state index contributed by atoms with van der Waals surface area (Å²) < 4.78 is 4.78. The normalized spacial score (nSPS) is 12.9. The average Bonchev–Trinajstić information content (AvgIpc) is 3.32. The molecular weight excluding hydrogens is 398 g/mol. The monoisotopic (exact) mass is 425 g/mol. The smallest absolute Gasteiger partial charge is 0.325 e. The number of aromatic nitrogens is 1. The van der Waals surface area contributed by atoms with E-state index in [0.717, 1.165) is 37.2 Å². The number of urea groups is 1. The minimum atomic E-state index is -0.552. The predicted molar refractivity (Wildman–Crippen MR) is 117 cm³/mol. The molecule has 0 atom stereocenters. The van der Waals surface area contributed by atoms with E-state index in [0.29, 0.717) is 17.8 Å². The van der Waals surface area contributed by atoms with Gasteiger partial charge in [0.1, 0.15) is 6.54 Å². The molecule has 0 radical (unpaired) electrons. The number of carbonyl (C=O) groups excluding carboxylic acids is 3. The summed E-state index contributed by atoms with van der Waals surface area (Å²) in [6.07, 6.45) is 5.53. The number of hydrogen-bond acceptors (Lipinski definition) is 6. The van der Waals surface area contributed by atoms with Gasteiger partial charge in [0.2, 0.25) is 0 Å². The van der Waals surface area contributed by atoms with E-state index < -0.39 is 12.0 Å². The summed E-state index contributed by atoms with van der Waals surface area (Å²) in [6, 6.07) is 8.39. The summed E-state index contributed by atoms with van der Waals surface area (Å²) >= 11 is 0. The average molecular weight is 425 g/mol. The summed E-state index contributed by atoms with van der Waals surface area (Å²) in [4.78, 5) is 42.7. The SMILES string of the molecule is CCOC(=O)CNC(=O)Nc1ccc(N2CCCC2)c(C(=O)NCc2cccnc2)c1. The molecule has 1 aromatic carbocycles. The molecule has 0 aliphatic carbocycles. The lowest BCUT2D eigenvalue weighted by molar-refractivity contribution is -0.141. The molecule has 2 heterocycles. The lowest BCUT2D eigenvalue weighted by atomic mass is 10.1. The van der Waals surface area contributed by atoms with E-state index in [9.17, 15) is 14.4 Å². The van der Waals surface area contributed by atoms with Crippen LogP contribution in [0.25, 0.3) is 0 Å². The highest BCUT2D eigenvalue weighted by Gasteiger charge is 2.20. The Bertz CT molecular complexity index is 913. The molecule has 1 aromatic heterocycles. The lowest BCUT2D eigenvalue weighted by Gasteiger charge is -2.22. The van der Waals surface area contributed by atoms with Crippen molar-refractivity contribution in [1.29, 1.82) is 0 Å². The predicted octanol–water partition coefficient (Wildman–Crippen LogP) is 2.30. The Labute approximate surface area is 181 Å². The molecule has 9 nitrogen and oxygen atoms in total. The van der Waals surface area contributed by atoms with Gasteiger partial charge >= 0.3 is 12.0 Å². The molecule has 0 unspecified atom stereocenters. The molecule has 1 fully saturated rings. The number of nitrogens with zero attached hydrogens (tertiary/aromatic N) is 2. The van der Waals surface area contributed by atoms with Gasteiger partial charge in [0.25, 0.3) is 5.91 Å². The van der Waals surface area contributed by atoms with Crippen molar-refractivity contribution in [2.45, 2.75) is 26.3 Å². The summed E-state index contributed by atoms with van der Waals surface area (Å²) in [7, 11) is 0. The molecule has 0 spiro atoms. The van der Waals surface area contributed by atoms with Gasteiger partial charge in [0.05, 0.1) is 12.2 Å². The van der Waals surface area contributed by atoms with Crippen molar-refractivity contribution in [3.8, 4) is 0 Å². The number of esters is 1. The molecule has 1 saturated heterocycles. The number of nitrogens with one attached hydrogen (secondary N) is 3. The molecule has 31 heavy (non-hydrogen) atoms. The molecule has 9 heteroatoms. The molecular formula is C22H27N5O4. The quantitative estimate of drug-likeness (QED) is 0.560. The summed E-state index contributed by atoms with van der Waals surface area (Å²) in [6.45, 7) is 3.83. The van der Waals surface area contributed by atoms with Crippen LogP contribution in [0.2, 0.25) is 0 Å². The molecule has 0 bridgehead atoms. The van der Waals surface area contributed by atoms with Crippen molar-refractivity contribution in [3.63, 3.8) is 0 Å². The minimum Gasteiger partial charge on any atom is -0.465 e. The van der Waals surface area contributed by atoms with Crippen LogP contribution in [-0.4, -0.2) is 49.1 Å². The minimum absolute atomic E-state index is 0.232. The van der Waals surface area contributed by atoms with E-state index >= 15 is 0 Å². The summed E-state index contributed by atoms with van der Waals surface area (Å²) in [5, 5.41) is 8.02. The Hall–Kier alpha value is -3.62. The van der Waals surface area contributed by atoms with Crippen LogP contribution in [0, 0.1) is 0 Å². The van der Waals surface area contributed by atoms with E-state index in [1.54, 1.807) is 31.5 Å². The highest BCUT2D eigenvalue weighted by atomic mass is 16.5. The van der Waals surface area contributed by atoms with Gasteiger partial charge in [-0.15, -0.1) is 0 Å². The highest BCUT2D eigenvalue weighted by molar-refractivity contribution is 6.02. The molecule has 164 valence electrons. The van der Waals surface area contributed by atoms with E-state index in [-0.39, 0.29) is 19.1 Å². The van der Waals surface area contributed by atoms with Gasteiger partial charge in [0.15, 0.2) is 0 Å². The molecule has 1 aliphatic heterocycles. The number of amides is 3. The first kappa shape index (κ1) is 22.1. The lowest BCUT2D eigenvalue weighted by Crippen LogP contribution is -2.34. The molecule has 3 amide bonds. The van der Waals surface area contributed by atoms with Crippen LogP contribution in [0.3, 0.4) is 0 Å². The maximum Gasteiger partial charge on any atom is 0.325 e. The van der Waals surface area contributed by atoms with Crippen molar-refractivity contribution in [3.05, 3.63) is 53.9 Å². The zero-order chi connectivity index (χ0) is 22.1. The van der Waals surface area contributed by atoms with Crippen LogP contribution < -0.4 is 20.9 Å². The van der Waals surface area contributed by atoms with Crippen molar-refractivity contribution >= 4 is 29.3 Å². The van der Waals surface area contributed by atoms with Gasteiger partial charge in [0, 0.05) is 43.4 Å². The summed E-state index contributed by atoms with van der Waals surface area (Å²) in [5.41, 5.74) is 2.66. The van der Waals surface area contributed by atoms with Crippen molar-refractivity contribution in [1.82, 2.24) is 15.6 Å². The maximum absolute atomic E-state index is 13.0. The standard InChI is InChI=1S/C22H27N5O4/c1-2-31-20(28)15-25-22(30)26-17-7-8-19(27-10-3-4-11-27)18(12-17)21(29)24-14-16-6-5-9-23-13-16/h5-9,12-13H,2-4,10-11,14-15H2,1H3,(H,24,29)(H2,25,26,30). The second-order valence-corrected chi connectivity index (χ2v) is 7.08. The highest BCUT2D eigenvalue weighted by Crippen LogP contribution is 2.27. The molecule has 3 rings (SSSR count). The van der Waals surface area contributed by atoms with Gasteiger partial charge in [-0.3, -0.25) is 14.6 Å². The van der Waals surface area contributed by atoms with Crippen LogP contribution in [0.5, 0.6) is 0 Å². The zero-order valence-corrected chi connectivity index (χ0v) is 17.5. The fourth-order valence-electron chi connectivity index (χ4n) is 3.35. The molecule has 3 N–H and O–H groups in total. The largest absolute Gasteiger partial charge is 0.465 e. The molecule has 1 aliphatic rings. The van der Waals surface area contributed by atoms with Crippen molar-refractivity contribution in [2.75, 3.05) is 36.5 Å². The fraction of sp³-hybridized carbons (Fsp3) is 0.364.